The van der Waals surface area contributed by atoms with Gasteiger partial charge in [0.05, 0.1) is 29.5 Å². The molecule has 0 saturated carbocycles. The van der Waals surface area contributed by atoms with Crippen molar-refractivity contribution in [3.05, 3.63) is 22.4 Å². The molecule has 17 heavy (non-hydrogen) atoms. The van der Waals surface area contributed by atoms with Crippen LogP contribution >= 0.6 is 11.5 Å². The van der Waals surface area contributed by atoms with E-state index in [0.29, 0.717) is 5.92 Å². The van der Waals surface area contributed by atoms with Crippen LogP contribution in [-0.2, 0) is 4.74 Å². The maximum absolute atomic E-state index is 5.67. The summed E-state index contributed by atoms with van der Waals surface area (Å²) >= 11 is 1.40. The predicted octanol–water partition coefficient (Wildman–Crippen LogP) is 1.86. The third kappa shape index (κ3) is 2.65. The molecule has 1 unspecified atom stereocenters. The largest absolute Gasteiger partial charge is 0.501 e. The first-order valence-corrected chi connectivity index (χ1v) is 6.60. The van der Waals surface area contributed by atoms with Gasteiger partial charge in [-0.3, -0.25) is 5.84 Å². The normalized spacial score (nSPS) is 17.8. The Hall–Kier alpha value is -0.980. The van der Waals surface area contributed by atoms with Crippen LogP contribution in [0, 0.1) is 0 Å². The minimum atomic E-state index is -0.0206. The first-order valence-electron chi connectivity index (χ1n) is 5.82. The van der Waals surface area contributed by atoms with Crippen molar-refractivity contribution in [3.63, 3.8) is 0 Å². The fraction of sp³-hybridized carbons (Fsp3) is 0.636. The Morgan fingerprint density at radius 2 is 2.35 bits per heavy atom. The minimum Gasteiger partial charge on any atom is -0.501 e. The van der Waals surface area contributed by atoms with Gasteiger partial charge in [-0.15, -0.1) is 5.10 Å². The molecule has 1 aliphatic heterocycles. The average Bonchev–Trinajstić information content (AvgIpc) is 2.81. The number of hydrogen-bond acceptors (Lipinski definition) is 6. The van der Waals surface area contributed by atoms with E-state index in [1.807, 2.05) is 6.26 Å². The first-order chi connectivity index (χ1) is 8.24. The Morgan fingerprint density at radius 1 is 1.53 bits per heavy atom. The van der Waals surface area contributed by atoms with E-state index in [1.165, 1.54) is 17.1 Å². The number of nitrogens with one attached hydrogen (secondary N) is 1. The molecule has 2 heterocycles. The van der Waals surface area contributed by atoms with Gasteiger partial charge < -0.3 is 4.74 Å². The maximum atomic E-state index is 5.67. The number of nitrogens with two attached hydrogens (primary N) is 1. The van der Waals surface area contributed by atoms with Gasteiger partial charge in [0.1, 0.15) is 0 Å². The molecule has 0 spiro atoms. The molecule has 1 atom stereocenters. The van der Waals surface area contributed by atoms with Crippen molar-refractivity contribution in [1.82, 2.24) is 15.0 Å². The molecule has 3 N–H and O–H groups in total. The summed E-state index contributed by atoms with van der Waals surface area (Å²) in [5, 5.41) is 4.18. The molecule has 5 nitrogen and oxygen atoms in total. The number of nitrogens with zero attached hydrogens (tertiary/aromatic N) is 2. The van der Waals surface area contributed by atoms with E-state index in [1.54, 1.807) is 0 Å². The number of ether oxygens (including phenoxy) is 1. The molecule has 94 valence electrons. The lowest BCUT2D eigenvalue weighted by molar-refractivity contribution is 0.219. The van der Waals surface area contributed by atoms with Crippen molar-refractivity contribution in [1.29, 1.82) is 0 Å². The summed E-state index contributed by atoms with van der Waals surface area (Å²) in [6.45, 7) is 5.01. The number of aromatic nitrogens is 2. The van der Waals surface area contributed by atoms with Gasteiger partial charge in [0.15, 0.2) is 0 Å². The lowest BCUT2D eigenvalue weighted by Gasteiger charge is -2.22. The van der Waals surface area contributed by atoms with E-state index >= 15 is 0 Å². The third-order valence-electron chi connectivity index (χ3n) is 2.85. The summed E-state index contributed by atoms with van der Waals surface area (Å²) < 4.78 is 9.40. The van der Waals surface area contributed by atoms with Gasteiger partial charge in [0, 0.05) is 0 Å². The molecule has 0 fully saturated rings. The van der Waals surface area contributed by atoms with Crippen molar-refractivity contribution in [3.8, 4) is 0 Å². The smallest absolute Gasteiger partial charge is 0.0876 e. The van der Waals surface area contributed by atoms with E-state index in [2.05, 4.69) is 28.9 Å². The van der Waals surface area contributed by atoms with Crippen LogP contribution in [0.2, 0.25) is 0 Å². The fourth-order valence-electron chi connectivity index (χ4n) is 1.95. The minimum absolute atomic E-state index is 0.0206. The number of hydrogen-bond donors (Lipinski definition) is 2. The molecule has 0 saturated heterocycles. The monoisotopic (exact) mass is 254 g/mol. The van der Waals surface area contributed by atoms with Crippen LogP contribution in [0.5, 0.6) is 0 Å². The molecule has 1 aromatic heterocycles. The van der Waals surface area contributed by atoms with E-state index < -0.39 is 0 Å². The fourth-order valence-corrected chi connectivity index (χ4v) is 2.86. The Morgan fingerprint density at radius 3 is 2.94 bits per heavy atom. The van der Waals surface area contributed by atoms with Crippen LogP contribution in [0.25, 0.3) is 0 Å². The summed E-state index contributed by atoms with van der Waals surface area (Å²) in [6, 6.07) is -0.0206. The van der Waals surface area contributed by atoms with E-state index in [-0.39, 0.29) is 6.04 Å². The number of rotatable bonds is 4. The zero-order valence-corrected chi connectivity index (χ0v) is 11.0. The topological polar surface area (TPSA) is 73.1 Å². The highest BCUT2D eigenvalue weighted by Gasteiger charge is 2.24. The summed E-state index contributed by atoms with van der Waals surface area (Å²) in [5.41, 5.74) is 5.04. The van der Waals surface area contributed by atoms with Crippen molar-refractivity contribution >= 4 is 11.5 Å². The summed E-state index contributed by atoms with van der Waals surface area (Å²) in [7, 11) is 0. The molecule has 0 aromatic carbocycles. The molecule has 0 aliphatic carbocycles. The van der Waals surface area contributed by atoms with Gasteiger partial charge in [-0.2, -0.15) is 0 Å². The van der Waals surface area contributed by atoms with Gasteiger partial charge >= 0.3 is 0 Å². The molecule has 2 rings (SSSR count). The highest BCUT2D eigenvalue weighted by Crippen LogP contribution is 2.33. The van der Waals surface area contributed by atoms with Crippen molar-refractivity contribution in [2.24, 2.45) is 5.84 Å². The zero-order valence-electron chi connectivity index (χ0n) is 10.1. The maximum Gasteiger partial charge on any atom is 0.0876 e. The van der Waals surface area contributed by atoms with Gasteiger partial charge in [0.25, 0.3) is 0 Å². The summed E-state index contributed by atoms with van der Waals surface area (Å²) in [4.78, 5) is 1.10. The zero-order chi connectivity index (χ0) is 12.3. The first kappa shape index (κ1) is 12.5. The van der Waals surface area contributed by atoms with Gasteiger partial charge in [-0.25, -0.2) is 5.43 Å². The SMILES string of the molecule is CC(C)c1nnsc1C(NN)C1=COCCC1. The van der Waals surface area contributed by atoms with Gasteiger partial charge in [-0.05, 0) is 35.9 Å². The van der Waals surface area contributed by atoms with Crippen LogP contribution in [-0.4, -0.2) is 16.2 Å². The van der Waals surface area contributed by atoms with Crippen LogP contribution in [0.3, 0.4) is 0 Å². The van der Waals surface area contributed by atoms with Crippen LogP contribution in [0.1, 0.15) is 49.2 Å². The van der Waals surface area contributed by atoms with Crippen LogP contribution in [0.4, 0.5) is 0 Å². The second-order valence-corrected chi connectivity index (χ2v) is 5.23. The molecule has 0 radical (unpaired) electrons. The van der Waals surface area contributed by atoms with E-state index in [4.69, 9.17) is 10.6 Å². The van der Waals surface area contributed by atoms with E-state index in [0.717, 1.165) is 30.0 Å². The molecular formula is C11H18N4OS. The van der Waals surface area contributed by atoms with Crippen LogP contribution < -0.4 is 11.3 Å². The predicted molar refractivity (Wildman–Crippen MR) is 67.3 cm³/mol. The van der Waals surface area contributed by atoms with Crippen molar-refractivity contribution in [2.45, 2.75) is 38.6 Å². The summed E-state index contributed by atoms with van der Waals surface area (Å²) in [5.74, 6) is 6.02. The molecular weight excluding hydrogens is 236 g/mol. The molecule has 0 amide bonds. The van der Waals surface area contributed by atoms with Gasteiger partial charge in [-0.1, -0.05) is 18.3 Å². The number of hydrazine groups is 1. The standard InChI is InChI=1S/C11H18N4OS/c1-7(2)9-11(17-15-14-9)10(13-12)8-4-3-5-16-6-8/h6-7,10,13H,3-5,12H2,1-2H3. The average molecular weight is 254 g/mol. The Bertz CT molecular complexity index is 402. The van der Waals surface area contributed by atoms with Gasteiger partial charge in [0.2, 0.25) is 0 Å². The van der Waals surface area contributed by atoms with E-state index in [9.17, 15) is 0 Å². The molecule has 1 aromatic rings. The highest BCUT2D eigenvalue weighted by molar-refractivity contribution is 7.05. The quantitative estimate of drug-likeness (QED) is 0.634. The summed E-state index contributed by atoms with van der Waals surface area (Å²) in [6.07, 6.45) is 3.86. The molecule has 0 bridgehead atoms. The lowest BCUT2D eigenvalue weighted by Crippen LogP contribution is -2.30. The second kappa shape index (κ2) is 5.57. The van der Waals surface area contributed by atoms with Crippen molar-refractivity contribution < 1.29 is 4.74 Å². The molecule has 6 heteroatoms. The lowest BCUT2D eigenvalue weighted by atomic mass is 9.97. The third-order valence-corrected chi connectivity index (χ3v) is 3.65. The Balaban J connectivity index is 2.28. The molecule has 1 aliphatic rings. The van der Waals surface area contributed by atoms with Crippen LogP contribution in [0.15, 0.2) is 11.8 Å². The Kier molecular flexibility index (Phi) is 4.09. The van der Waals surface area contributed by atoms with Crippen molar-refractivity contribution in [2.75, 3.05) is 6.61 Å². The highest BCUT2D eigenvalue weighted by atomic mass is 32.1. The second-order valence-electron chi connectivity index (χ2n) is 4.44. The Labute approximate surface area is 105 Å².